The number of piperidine rings is 1. The van der Waals surface area contributed by atoms with Crippen LogP contribution >= 0.6 is 0 Å². The van der Waals surface area contributed by atoms with Crippen molar-refractivity contribution in [1.29, 1.82) is 0 Å². The number of hydrogen-bond acceptors (Lipinski definition) is 5. The lowest BCUT2D eigenvalue weighted by Crippen LogP contribution is -2.49. The lowest BCUT2D eigenvalue weighted by molar-refractivity contribution is 0.216. The molecule has 3 heterocycles. The van der Waals surface area contributed by atoms with Gasteiger partial charge in [0.25, 0.3) is 0 Å². The highest BCUT2D eigenvalue weighted by atomic mass is 32.2. The molecule has 0 aromatic carbocycles. The maximum absolute atomic E-state index is 11.4. The number of nitrogens with zero attached hydrogens (tertiary/aromatic N) is 4. The second-order valence-electron chi connectivity index (χ2n) is 7.71. The highest BCUT2D eigenvalue weighted by Crippen LogP contribution is 2.11. The van der Waals surface area contributed by atoms with Gasteiger partial charge in [0.15, 0.2) is 5.96 Å². The van der Waals surface area contributed by atoms with Crippen LogP contribution in [0.15, 0.2) is 29.4 Å². The molecular weight excluding hydrogens is 388 g/mol. The summed E-state index contributed by atoms with van der Waals surface area (Å²) in [5, 5.41) is 6.84. The van der Waals surface area contributed by atoms with Crippen molar-refractivity contribution in [1.82, 2.24) is 24.9 Å². The first-order valence-electron chi connectivity index (χ1n) is 10.2. The monoisotopic (exact) mass is 420 g/mol. The number of guanidine groups is 1. The Bertz CT molecular complexity index is 945. The molecule has 0 radical (unpaired) electrons. The Hall–Kier alpha value is -2.13. The zero-order valence-corrected chi connectivity index (χ0v) is 18.4. The number of aromatic nitrogens is 2. The summed E-state index contributed by atoms with van der Waals surface area (Å²) in [6, 6.07) is 6.42. The highest BCUT2D eigenvalue weighted by Gasteiger charge is 2.20. The maximum atomic E-state index is 11.4. The normalized spacial score (nSPS) is 17.0. The minimum atomic E-state index is -2.90. The van der Waals surface area contributed by atoms with Gasteiger partial charge in [0.05, 0.1) is 18.0 Å². The second kappa shape index (κ2) is 9.58. The average molecular weight is 421 g/mol. The Morgan fingerprint density at radius 3 is 2.72 bits per heavy atom. The van der Waals surface area contributed by atoms with Crippen molar-refractivity contribution in [2.45, 2.75) is 39.3 Å². The van der Waals surface area contributed by atoms with E-state index in [1.165, 1.54) is 6.26 Å². The van der Waals surface area contributed by atoms with Crippen molar-refractivity contribution in [3.63, 3.8) is 0 Å². The number of aliphatic imine (C=N–C) groups is 1. The fourth-order valence-corrected chi connectivity index (χ4v) is 4.13. The molecule has 9 heteroatoms. The molecule has 0 spiro atoms. The van der Waals surface area contributed by atoms with E-state index in [1.807, 2.05) is 18.3 Å². The molecule has 29 heavy (non-hydrogen) atoms. The van der Waals surface area contributed by atoms with Gasteiger partial charge in [0.1, 0.15) is 15.5 Å². The maximum Gasteiger partial charge on any atom is 0.191 e. The fraction of sp³-hybridized carbons (Fsp3) is 0.600. The molecule has 0 saturated carbocycles. The van der Waals surface area contributed by atoms with Gasteiger partial charge < -0.3 is 19.9 Å². The number of hydrogen-bond donors (Lipinski definition) is 2. The van der Waals surface area contributed by atoms with Gasteiger partial charge in [-0.15, -0.1) is 0 Å². The first kappa shape index (κ1) is 21.6. The van der Waals surface area contributed by atoms with Gasteiger partial charge in [0, 0.05) is 50.4 Å². The predicted octanol–water partition coefficient (Wildman–Crippen LogP) is 1.21. The number of aryl methyl sites for hydroxylation is 1. The van der Waals surface area contributed by atoms with E-state index in [4.69, 9.17) is 4.99 Å². The first-order chi connectivity index (χ1) is 13.8. The van der Waals surface area contributed by atoms with Crippen LogP contribution in [-0.4, -0.2) is 72.9 Å². The van der Waals surface area contributed by atoms with Crippen molar-refractivity contribution in [2.24, 2.45) is 4.99 Å². The van der Waals surface area contributed by atoms with Crippen LogP contribution in [0.4, 0.5) is 0 Å². The molecular formula is C20H32N6O2S. The Morgan fingerprint density at radius 2 is 2.07 bits per heavy atom. The predicted molar refractivity (Wildman–Crippen MR) is 117 cm³/mol. The topological polar surface area (TPSA) is 91.1 Å². The van der Waals surface area contributed by atoms with Crippen LogP contribution in [-0.2, 0) is 16.4 Å². The van der Waals surface area contributed by atoms with Crippen LogP contribution in [0.2, 0.25) is 0 Å². The first-order valence-corrected chi connectivity index (χ1v) is 12.3. The molecule has 8 nitrogen and oxygen atoms in total. The SMILES string of the molecule is CCNC(=NCc1cn2c(C)cccc2n1)NC1CCN(CCS(C)(=O)=O)CC1. The molecule has 160 valence electrons. The Morgan fingerprint density at radius 1 is 1.31 bits per heavy atom. The highest BCUT2D eigenvalue weighted by molar-refractivity contribution is 7.90. The Balaban J connectivity index is 1.55. The molecule has 2 N–H and O–H groups in total. The number of pyridine rings is 1. The van der Waals surface area contributed by atoms with E-state index in [-0.39, 0.29) is 5.75 Å². The van der Waals surface area contributed by atoms with Gasteiger partial charge in [-0.1, -0.05) is 6.07 Å². The van der Waals surface area contributed by atoms with E-state index in [0.29, 0.717) is 19.1 Å². The molecule has 1 aliphatic rings. The lowest BCUT2D eigenvalue weighted by Gasteiger charge is -2.32. The average Bonchev–Trinajstić information content (AvgIpc) is 3.10. The quantitative estimate of drug-likeness (QED) is 0.517. The minimum absolute atomic E-state index is 0.230. The Labute approximate surface area is 173 Å². The van der Waals surface area contributed by atoms with Gasteiger partial charge >= 0.3 is 0 Å². The molecule has 2 aromatic heterocycles. The zero-order chi connectivity index (χ0) is 20.9. The Kier molecular flexibility index (Phi) is 7.13. The van der Waals surface area contributed by atoms with E-state index in [0.717, 1.165) is 55.5 Å². The molecule has 0 atom stereocenters. The van der Waals surface area contributed by atoms with E-state index in [9.17, 15) is 8.42 Å². The summed E-state index contributed by atoms with van der Waals surface area (Å²) in [7, 11) is -2.90. The summed E-state index contributed by atoms with van der Waals surface area (Å²) in [6.45, 7) is 7.85. The van der Waals surface area contributed by atoms with Crippen LogP contribution < -0.4 is 10.6 Å². The number of sulfone groups is 1. The molecule has 1 aliphatic heterocycles. The van der Waals surface area contributed by atoms with Crippen LogP contribution in [0.1, 0.15) is 31.2 Å². The van der Waals surface area contributed by atoms with E-state index in [1.54, 1.807) is 0 Å². The lowest BCUT2D eigenvalue weighted by atomic mass is 10.1. The number of likely N-dealkylation sites (tertiary alicyclic amines) is 1. The minimum Gasteiger partial charge on any atom is -0.357 e. The van der Waals surface area contributed by atoms with Crippen molar-refractivity contribution in [2.75, 3.05) is 38.2 Å². The molecule has 0 amide bonds. The third kappa shape index (κ3) is 6.43. The van der Waals surface area contributed by atoms with Gasteiger partial charge in [-0.05, 0) is 38.8 Å². The summed E-state index contributed by atoms with van der Waals surface area (Å²) < 4.78 is 24.8. The van der Waals surface area contributed by atoms with Gasteiger partial charge in [-0.2, -0.15) is 0 Å². The number of imidazole rings is 1. The second-order valence-corrected chi connectivity index (χ2v) is 9.97. The third-order valence-corrected chi connectivity index (χ3v) is 6.12. The van der Waals surface area contributed by atoms with Crippen LogP contribution in [0, 0.1) is 6.92 Å². The smallest absolute Gasteiger partial charge is 0.191 e. The number of rotatable bonds is 7. The molecule has 3 rings (SSSR count). The summed E-state index contributed by atoms with van der Waals surface area (Å²) >= 11 is 0. The van der Waals surface area contributed by atoms with E-state index >= 15 is 0 Å². The molecule has 1 saturated heterocycles. The number of fused-ring (bicyclic) bond motifs is 1. The standard InChI is InChI=1S/C20H32N6O2S/c1-4-21-20(22-14-18-15-26-16(2)6-5-7-19(26)23-18)24-17-8-10-25(11-9-17)12-13-29(3,27)28/h5-7,15,17H,4,8-14H2,1-3H3,(H2,21,22,24). The molecule has 0 unspecified atom stereocenters. The van der Waals surface area contributed by atoms with Crippen molar-refractivity contribution in [3.8, 4) is 0 Å². The van der Waals surface area contributed by atoms with E-state index < -0.39 is 9.84 Å². The van der Waals surface area contributed by atoms with Gasteiger partial charge in [-0.25, -0.2) is 18.4 Å². The molecule has 0 aliphatic carbocycles. The van der Waals surface area contributed by atoms with Crippen molar-refractivity contribution >= 4 is 21.4 Å². The fourth-order valence-electron chi connectivity index (χ4n) is 3.54. The van der Waals surface area contributed by atoms with Gasteiger partial charge in [-0.3, -0.25) is 0 Å². The third-order valence-electron chi connectivity index (χ3n) is 5.20. The van der Waals surface area contributed by atoms with Crippen LogP contribution in [0.5, 0.6) is 0 Å². The summed E-state index contributed by atoms with van der Waals surface area (Å²) in [4.78, 5) is 11.6. The molecule has 1 fully saturated rings. The summed E-state index contributed by atoms with van der Waals surface area (Å²) in [5.41, 5.74) is 3.03. The largest absolute Gasteiger partial charge is 0.357 e. The number of nitrogens with one attached hydrogen (secondary N) is 2. The molecule has 2 aromatic rings. The summed E-state index contributed by atoms with van der Waals surface area (Å²) in [6.07, 6.45) is 5.28. The molecule has 0 bridgehead atoms. The zero-order valence-electron chi connectivity index (χ0n) is 17.6. The van der Waals surface area contributed by atoms with Crippen LogP contribution in [0.25, 0.3) is 5.65 Å². The van der Waals surface area contributed by atoms with Crippen molar-refractivity contribution < 1.29 is 8.42 Å². The van der Waals surface area contributed by atoms with E-state index in [2.05, 4.69) is 44.8 Å². The van der Waals surface area contributed by atoms with Crippen molar-refractivity contribution in [3.05, 3.63) is 35.8 Å². The summed E-state index contributed by atoms with van der Waals surface area (Å²) in [5.74, 6) is 1.03. The van der Waals surface area contributed by atoms with Crippen LogP contribution in [0.3, 0.4) is 0 Å². The van der Waals surface area contributed by atoms with Gasteiger partial charge in [0.2, 0.25) is 0 Å².